The van der Waals surface area contributed by atoms with E-state index in [2.05, 4.69) is 26.8 Å². The van der Waals surface area contributed by atoms with Crippen molar-refractivity contribution in [2.24, 2.45) is 0 Å². The fourth-order valence-corrected chi connectivity index (χ4v) is 1.06. The van der Waals surface area contributed by atoms with E-state index in [1.54, 1.807) is 0 Å². The first kappa shape index (κ1) is 10.1. The molecule has 1 aliphatic carbocycles. The molecule has 0 amide bonds. The van der Waals surface area contributed by atoms with Crippen molar-refractivity contribution in [1.82, 2.24) is 0 Å². The Morgan fingerprint density at radius 3 is 2.77 bits per heavy atom. The van der Waals surface area contributed by atoms with E-state index in [4.69, 9.17) is 4.74 Å². The van der Waals surface area contributed by atoms with Gasteiger partial charge in [0.25, 0.3) is 0 Å². The summed E-state index contributed by atoms with van der Waals surface area (Å²) < 4.78 is 5.87. The van der Waals surface area contributed by atoms with Crippen molar-refractivity contribution in [3.63, 3.8) is 0 Å². The largest absolute Gasteiger partial charge is 0.492 e. The summed E-state index contributed by atoms with van der Waals surface area (Å²) in [4.78, 5) is 0. The van der Waals surface area contributed by atoms with Crippen LogP contribution in [0.4, 0.5) is 0 Å². The highest BCUT2D eigenvalue weighted by Gasteiger charge is 2.17. The van der Waals surface area contributed by atoms with E-state index in [9.17, 15) is 0 Å². The molecule has 13 heavy (non-hydrogen) atoms. The molecule has 0 spiro atoms. The van der Waals surface area contributed by atoms with Crippen molar-refractivity contribution in [2.75, 3.05) is 0 Å². The lowest BCUT2D eigenvalue weighted by Crippen LogP contribution is -2.22. The van der Waals surface area contributed by atoms with Crippen molar-refractivity contribution < 1.29 is 4.74 Å². The number of hydrogen-bond donors (Lipinski definition) is 0. The lowest BCUT2D eigenvalue weighted by atomic mass is 10.1. The summed E-state index contributed by atoms with van der Waals surface area (Å²) in [5.41, 5.74) is -0.0438. The van der Waals surface area contributed by atoms with Crippen molar-refractivity contribution in [3.05, 3.63) is 36.1 Å². The van der Waals surface area contributed by atoms with Gasteiger partial charge in [0, 0.05) is 6.42 Å². The van der Waals surface area contributed by atoms with Crippen molar-refractivity contribution in [2.45, 2.75) is 39.2 Å². The zero-order valence-corrected chi connectivity index (χ0v) is 8.71. The van der Waals surface area contributed by atoms with Crippen LogP contribution in [0.3, 0.4) is 0 Å². The van der Waals surface area contributed by atoms with Crippen molar-refractivity contribution in [1.29, 1.82) is 0 Å². The van der Waals surface area contributed by atoms with Gasteiger partial charge in [-0.3, -0.25) is 0 Å². The molecule has 1 nitrogen and oxygen atoms in total. The molecule has 0 fully saturated rings. The average Bonchev–Trinajstić information content (AvgIpc) is 2.32. The van der Waals surface area contributed by atoms with Gasteiger partial charge < -0.3 is 4.74 Å². The average molecular weight is 178 g/mol. The van der Waals surface area contributed by atoms with E-state index in [1.807, 2.05) is 24.3 Å². The fraction of sp³-hybridized carbons (Fsp3) is 0.500. The van der Waals surface area contributed by atoms with Gasteiger partial charge in [0.2, 0.25) is 0 Å². The Bertz CT molecular complexity index is 244. The lowest BCUT2D eigenvalue weighted by molar-refractivity contribution is 0.0294. The Hall–Kier alpha value is -0.980. The Morgan fingerprint density at radius 1 is 1.31 bits per heavy atom. The third kappa shape index (κ3) is 3.49. The summed E-state index contributed by atoms with van der Waals surface area (Å²) in [6.07, 6.45) is 12.2. The number of ether oxygens (including phenoxy) is 1. The highest BCUT2D eigenvalue weighted by Crippen LogP contribution is 2.21. The molecule has 0 bridgehead atoms. The Kier molecular flexibility index (Phi) is 3.35. The van der Waals surface area contributed by atoms with Crippen molar-refractivity contribution >= 4 is 0 Å². The zero-order chi connectivity index (χ0) is 9.73. The monoisotopic (exact) mass is 178 g/mol. The van der Waals surface area contributed by atoms with Gasteiger partial charge in [0.1, 0.15) is 11.4 Å². The first-order chi connectivity index (χ1) is 6.14. The Balaban J connectivity index is 2.58. The van der Waals surface area contributed by atoms with Crippen LogP contribution in [0.25, 0.3) is 0 Å². The summed E-state index contributed by atoms with van der Waals surface area (Å²) in [5, 5.41) is 0. The molecule has 0 saturated carbocycles. The van der Waals surface area contributed by atoms with Gasteiger partial charge in [-0.15, -0.1) is 0 Å². The molecular weight excluding hydrogens is 160 g/mol. The van der Waals surface area contributed by atoms with Gasteiger partial charge in [-0.05, 0) is 26.3 Å². The predicted molar refractivity (Wildman–Crippen MR) is 56.4 cm³/mol. The second-order valence-electron chi connectivity index (χ2n) is 3.87. The third-order valence-corrected chi connectivity index (χ3v) is 2.22. The molecule has 0 atom stereocenters. The highest BCUT2D eigenvalue weighted by molar-refractivity contribution is 5.20. The molecule has 0 radical (unpaired) electrons. The molecule has 0 heterocycles. The van der Waals surface area contributed by atoms with Crippen LogP contribution in [0.1, 0.15) is 33.6 Å². The van der Waals surface area contributed by atoms with Crippen LogP contribution >= 0.6 is 0 Å². The highest BCUT2D eigenvalue weighted by atomic mass is 16.5. The topological polar surface area (TPSA) is 9.23 Å². The molecule has 0 aromatic rings. The molecule has 0 saturated heterocycles. The van der Waals surface area contributed by atoms with Gasteiger partial charge in [-0.2, -0.15) is 0 Å². The van der Waals surface area contributed by atoms with Gasteiger partial charge >= 0.3 is 0 Å². The van der Waals surface area contributed by atoms with Gasteiger partial charge in [-0.25, -0.2) is 0 Å². The molecule has 1 rings (SSSR count). The lowest BCUT2D eigenvalue weighted by Gasteiger charge is -2.26. The second kappa shape index (κ2) is 4.31. The molecule has 72 valence electrons. The minimum Gasteiger partial charge on any atom is -0.492 e. The van der Waals surface area contributed by atoms with Crippen LogP contribution in [0.15, 0.2) is 36.1 Å². The van der Waals surface area contributed by atoms with Crippen molar-refractivity contribution in [3.8, 4) is 0 Å². The molecular formula is C12H18O. The molecule has 0 aromatic carbocycles. The smallest absolute Gasteiger partial charge is 0.103 e. The molecule has 0 aromatic heterocycles. The normalized spacial score (nSPS) is 16.7. The molecule has 0 N–H and O–H groups in total. The van der Waals surface area contributed by atoms with Crippen LogP contribution in [-0.2, 0) is 4.74 Å². The summed E-state index contributed by atoms with van der Waals surface area (Å²) >= 11 is 0. The van der Waals surface area contributed by atoms with E-state index >= 15 is 0 Å². The van der Waals surface area contributed by atoms with Crippen LogP contribution in [0, 0.1) is 0 Å². The zero-order valence-electron chi connectivity index (χ0n) is 8.71. The second-order valence-corrected chi connectivity index (χ2v) is 3.87. The summed E-state index contributed by atoms with van der Waals surface area (Å²) in [6, 6.07) is 0. The molecule has 1 aliphatic rings. The molecule has 0 aliphatic heterocycles. The Morgan fingerprint density at radius 2 is 2.08 bits per heavy atom. The maximum absolute atomic E-state index is 5.87. The van der Waals surface area contributed by atoms with Gasteiger partial charge in [0.05, 0.1) is 0 Å². The summed E-state index contributed by atoms with van der Waals surface area (Å²) in [6.45, 7) is 6.38. The third-order valence-electron chi connectivity index (χ3n) is 2.22. The summed E-state index contributed by atoms with van der Waals surface area (Å²) in [5.74, 6) is 1.05. The van der Waals surface area contributed by atoms with Crippen LogP contribution < -0.4 is 0 Å². The summed E-state index contributed by atoms with van der Waals surface area (Å²) in [7, 11) is 0. The standard InChI is InChI=1S/C12H18O/c1-4-12(2,3)13-11-9-7-5-6-8-10-11/h5-9H,4,10H2,1-3H3. The predicted octanol–water partition coefficient (Wildman–Crippen LogP) is 3.59. The number of allylic oxidation sites excluding steroid dienone is 5. The van der Waals surface area contributed by atoms with Crippen LogP contribution in [0.2, 0.25) is 0 Å². The quantitative estimate of drug-likeness (QED) is 0.641. The molecule has 0 unspecified atom stereocenters. The van der Waals surface area contributed by atoms with E-state index in [-0.39, 0.29) is 5.60 Å². The van der Waals surface area contributed by atoms with Crippen LogP contribution in [0.5, 0.6) is 0 Å². The van der Waals surface area contributed by atoms with E-state index < -0.39 is 0 Å². The maximum Gasteiger partial charge on any atom is 0.103 e. The maximum atomic E-state index is 5.87. The number of hydrogen-bond acceptors (Lipinski definition) is 1. The van der Waals surface area contributed by atoms with Gasteiger partial charge in [-0.1, -0.05) is 31.2 Å². The van der Waals surface area contributed by atoms with E-state index in [1.165, 1.54) is 0 Å². The SMILES string of the molecule is CCC(C)(C)OC1=CC=CC=CC1. The minimum absolute atomic E-state index is 0.0438. The van der Waals surface area contributed by atoms with E-state index in [0.29, 0.717) is 0 Å². The first-order valence-corrected chi connectivity index (χ1v) is 4.85. The minimum atomic E-state index is -0.0438. The van der Waals surface area contributed by atoms with Crippen LogP contribution in [-0.4, -0.2) is 5.60 Å². The molecule has 1 heteroatoms. The first-order valence-electron chi connectivity index (χ1n) is 4.85. The van der Waals surface area contributed by atoms with Gasteiger partial charge in [0.15, 0.2) is 0 Å². The number of rotatable bonds is 3. The van der Waals surface area contributed by atoms with E-state index in [0.717, 1.165) is 18.6 Å². The Labute approximate surface area is 80.8 Å². The fourth-order valence-electron chi connectivity index (χ4n) is 1.06.